The minimum atomic E-state index is 0. The van der Waals surface area contributed by atoms with Gasteiger partial charge in [0.25, 0.3) is 0 Å². The van der Waals surface area contributed by atoms with Crippen molar-refractivity contribution in [3.8, 4) is 5.75 Å². The summed E-state index contributed by atoms with van der Waals surface area (Å²) >= 11 is 0. The summed E-state index contributed by atoms with van der Waals surface area (Å²) in [5.41, 5.74) is 11.0. The van der Waals surface area contributed by atoms with Crippen molar-refractivity contribution >= 4 is 18.0 Å². The maximum absolute atomic E-state index is 5.74. The van der Waals surface area contributed by atoms with Gasteiger partial charge in [0.05, 0.1) is 7.11 Å². The summed E-state index contributed by atoms with van der Waals surface area (Å²) < 4.78 is 5.33. The lowest BCUT2D eigenvalue weighted by molar-refractivity contribution is 0.411. The van der Waals surface area contributed by atoms with Crippen LogP contribution in [0.5, 0.6) is 5.75 Å². The Labute approximate surface area is 103 Å². The number of ether oxygens (including phenoxy) is 1. The predicted molar refractivity (Wildman–Crippen MR) is 70.3 cm³/mol. The zero-order valence-electron chi connectivity index (χ0n) is 9.75. The average molecular weight is 240 g/mol. The number of fused-ring (bicyclic) bond motifs is 1. The molecule has 88 valence electrons. The highest BCUT2D eigenvalue weighted by molar-refractivity contribution is 5.85. The fourth-order valence-electron chi connectivity index (χ4n) is 2.27. The second-order valence-corrected chi connectivity index (χ2v) is 3.89. The molecule has 0 aromatic heterocycles. The number of halogens is 1. The molecule has 1 aliphatic carbocycles. The maximum atomic E-state index is 5.74. The molecule has 1 aliphatic rings. The van der Waals surface area contributed by atoms with E-state index in [1.165, 1.54) is 22.3 Å². The van der Waals surface area contributed by atoms with Crippen LogP contribution in [-0.2, 0) is 6.42 Å². The smallest absolute Gasteiger partial charge is 0.122 e. The minimum absolute atomic E-state index is 0. The second kappa shape index (κ2) is 5.37. The van der Waals surface area contributed by atoms with Crippen molar-refractivity contribution in [3.05, 3.63) is 34.9 Å². The third-order valence-corrected chi connectivity index (χ3v) is 3.12. The molecule has 0 aliphatic heterocycles. The summed E-state index contributed by atoms with van der Waals surface area (Å²) in [6, 6.07) is 4.15. The van der Waals surface area contributed by atoms with Crippen molar-refractivity contribution in [3.63, 3.8) is 0 Å². The highest BCUT2D eigenvalue weighted by Gasteiger charge is 2.15. The van der Waals surface area contributed by atoms with E-state index in [0.717, 1.165) is 18.6 Å². The van der Waals surface area contributed by atoms with Crippen molar-refractivity contribution in [2.45, 2.75) is 19.8 Å². The number of rotatable bonds is 2. The molecule has 1 aromatic rings. The molecule has 2 N–H and O–H groups in total. The van der Waals surface area contributed by atoms with Gasteiger partial charge in [-0.3, -0.25) is 0 Å². The quantitative estimate of drug-likeness (QED) is 0.861. The number of benzene rings is 1. The number of nitrogens with two attached hydrogens (primary N) is 1. The van der Waals surface area contributed by atoms with E-state index < -0.39 is 0 Å². The van der Waals surface area contributed by atoms with Crippen molar-refractivity contribution < 1.29 is 4.74 Å². The van der Waals surface area contributed by atoms with Gasteiger partial charge in [-0.05, 0) is 48.1 Å². The maximum Gasteiger partial charge on any atom is 0.122 e. The van der Waals surface area contributed by atoms with Crippen LogP contribution in [0, 0.1) is 6.92 Å². The van der Waals surface area contributed by atoms with Crippen LogP contribution in [0.2, 0.25) is 0 Å². The Hall–Kier alpha value is -0.990. The van der Waals surface area contributed by atoms with Gasteiger partial charge in [0.1, 0.15) is 5.75 Å². The molecular formula is C13H18ClNO. The van der Waals surface area contributed by atoms with E-state index in [4.69, 9.17) is 10.5 Å². The lowest BCUT2D eigenvalue weighted by Gasteiger charge is -2.20. The van der Waals surface area contributed by atoms with E-state index in [1.807, 2.05) is 6.07 Å². The summed E-state index contributed by atoms with van der Waals surface area (Å²) in [7, 11) is 1.72. The Morgan fingerprint density at radius 2 is 2.12 bits per heavy atom. The fraction of sp³-hybridized carbons (Fsp3) is 0.385. The molecule has 16 heavy (non-hydrogen) atoms. The molecule has 0 unspecified atom stereocenters. The van der Waals surface area contributed by atoms with E-state index in [2.05, 4.69) is 19.1 Å². The standard InChI is InChI=1S/C13H17NO.ClH/c1-9-11-5-3-4-10(8-14)12(11)6-7-13(9)15-2;/h4,6-7H,3,5,8,14H2,1-2H3;1H. The van der Waals surface area contributed by atoms with Gasteiger partial charge in [0.2, 0.25) is 0 Å². The van der Waals surface area contributed by atoms with E-state index >= 15 is 0 Å². The first kappa shape index (κ1) is 13.1. The predicted octanol–water partition coefficient (Wildman–Crippen LogP) is 2.71. The van der Waals surface area contributed by atoms with Gasteiger partial charge in [0, 0.05) is 6.54 Å². The number of methoxy groups -OCH3 is 1. The molecule has 2 rings (SSSR count). The van der Waals surface area contributed by atoms with Crippen LogP contribution in [0.4, 0.5) is 0 Å². The van der Waals surface area contributed by atoms with Gasteiger partial charge in [-0.15, -0.1) is 12.4 Å². The SMILES string of the molecule is COc1ccc2c(c1C)CCC=C2CN.Cl. The molecule has 0 amide bonds. The highest BCUT2D eigenvalue weighted by Crippen LogP contribution is 2.32. The number of hydrogen-bond donors (Lipinski definition) is 1. The van der Waals surface area contributed by atoms with E-state index in [1.54, 1.807) is 7.11 Å². The summed E-state index contributed by atoms with van der Waals surface area (Å²) in [5, 5.41) is 0. The molecule has 2 nitrogen and oxygen atoms in total. The second-order valence-electron chi connectivity index (χ2n) is 3.89. The Morgan fingerprint density at radius 3 is 2.75 bits per heavy atom. The van der Waals surface area contributed by atoms with Crippen molar-refractivity contribution in [1.82, 2.24) is 0 Å². The van der Waals surface area contributed by atoms with Gasteiger partial charge in [0.15, 0.2) is 0 Å². The van der Waals surface area contributed by atoms with Crippen molar-refractivity contribution in [2.75, 3.05) is 13.7 Å². The highest BCUT2D eigenvalue weighted by atomic mass is 35.5. The van der Waals surface area contributed by atoms with Crippen LogP contribution in [0.15, 0.2) is 18.2 Å². The Balaban J connectivity index is 0.00000128. The molecule has 0 saturated heterocycles. The first-order valence-electron chi connectivity index (χ1n) is 5.34. The summed E-state index contributed by atoms with van der Waals surface area (Å²) in [4.78, 5) is 0. The van der Waals surface area contributed by atoms with Gasteiger partial charge in [-0.2, -0.15) is 0 Å². The number of allylic oxidation sites excluding steroid dienone is 1. The zero-order valence-corrected chi connectivity index (χ0v) is 10.6. The monoisotopic (exact) mass is 239 g/mol. The van der Waals surface area contributed by atoms with E-state index in [9.17, 15) is 0 Å². The van der Waals surface area contributed by atoms with Gasteiger partial charge >= 0.3 is 0 Å². The lowest BCUT2D eigenvalue weighted by Crippen LogP contribution is -2.10. The van der Waals surface area contributed by atoms with Gasteiger partial charge < -0.3 is 10.5 Å². The van der Waals surface area contributed by atoms with Crippen LogP contribution >= 0.6 is 12.4 Å². The van der Waals surface area contributed by atoms with Gasteiger partial charge in [-0.25, -0.2) is 0 Å². The van der Waals surface area contributed by atoms with Crippen molar-refractivity contribution in [2.24, 2.45) is 5.73 Å². The molecule has 3 heteroatoms. The Bertz CT molecular complexity index is 413. The third-order valence-electron chi connectivity index (χ3n) is 3.12. The van der Waals surface area contributed by atoms with E-state index in [-0.39, 0.29) is 12.4 Å². The fourth-order valence-corrected chi connectivity index (χ4v) is 2.27. The molecule has 0 saturated carbocycles. The third kappa shape index (κ3) is 2.08. The molecule has 0 bridgehead atoms. The van der Waals surface area contributed by atoms with Crippen LogP contribution in [0.1, 0.15) is 23.1 Å². The van der Waals surface area contributed by atoms with Crippen molar-refractivity contribution in [1.29, 1.82) is 0 Å². The molecule has 1 aromatic carbocycles. The minimum Gasteiger partial charge on any atom is -0.496 e. The molecule has 0 heterocycles. The molecule has 0 radical (unpaired) electrons. The Kier molecular flexibility index (Phi) is 4.39. The summed E-state index contributed by atoms with van der Waals surface area (Å²) in [5.74, 6) is 0.979. The van der Waals surface area contributed by atoms with Crippen LogP contribution in [0.3, 0.4) is 0 Å². The average Bonchev–Trinajstić information content (AvgIpc) is 2.29. The van der Waals surface area contributed by atoms with Crippen LogP contribution in [-0.4, -0.2) is 13.7 Å². The van der Waals surface area contributed by atoms with Gasteiger partial charge in [-0.1, -0.05) is 12.1 Å². The molecule has 0 spiro atoms. The first-order valence-corrected chi connectivity index (χ1v) is 5.34. The van der Waals surface area contributed by atoms with E-state index in [0.29, 0.717) is 6.54 Å². The first-order chi connectivity index (χ1) is 7.27. The lowest BCUT2D eigenvalue weighted by atomic mass is 9.87. The molecule has 0 atom stereocenters. The number of hydrogen-bond acceptors (Lipinski definition) is 2. The zero-order chi connectivity index (χ0) is 10.8. The van der Waals surface area contributed by atoms with Crippen LogP contribution < -0.4 is 10.5 Å². The molecular weight excluding hydrogens is 222 g/mol. The summed E-state index contributed by atoms with van der Waals surface area (Å²) in [6.45, 7) is 2.75. The normalized spacial score (nSPS) is 13.6. The summed E-state index contributed by atoms with van der Waals surface area (Å²) in [6.07, 6.45) is 4.43. The molecule has 0 fully saturated rings. The topological polar surface area (TPSA) is 35.2 Å². The van der Waals surface area contributed by atoms with Crippen LogP contribution in [0.25, 0.3) is 5.57 Å². The Morgan fingerprint density at radius 1 is 1.38 bits per heavy atom. The largest absolute Gasteiger partial charge is 0.496 e.